The first-order chi connectivity index (χ1) is 14.0. The van der Waals surface area contributed by atoms with Crippen molar-refractivity contribution in [3.63, 3.8) is 0 Å². The van der Waals surface area contributed by atoms with Gasteiger partial charge < -0.3 is 4.74 Å². The maximum Gasteiger partial charge on any atom is 0.337 e. The molecule has 4 heteroatoms. The normalized spacial score (nSPS) is 26.9. The van der Waals surface area contributed by atoms with Crippen LogP contribution >= 0.6 is 0 Å². The minimum absolute atomic E-state index is 0.0816. The molecule has 0 amide bonds. The molecule has 2 aliphatic rings. The maximum absolute atomic E-state index is 15.0. The number of carbonyl (C=O) groups is 1. The van der Waals surface area contributed by atoms with Crippen molar-refractivity contribution in [3.8, 4) is 0 Å². The highest BCUT2D eigenvalue weighted by atomic mass is 19.2. The quantitative estimate of drug-likeness (QED) is 0.516. The third kappa shape index (κ3) is 3.91. The molecule has 0 radical (unpaired) electrons. The van der Waals surface area contributed by atoms with E-state index in [1.807, 2.05) is 0 Å². The summed E-state index contributed by atoms with van der Waals surface area (Å²) in [5.41, 5.74) is 0.741. The molecule has 0 N–H and O–H groups in total. The zero-order valence-corrected chi connectivity index (χ0v) is 17.3. The van der Waals surface area contributed by atoms with Crippen LogP contribution in [0.1, 0.15) is 80.1 Å². The van der Waals surface area contributed by atoms with Gasteiger partial charge in [-0.1, -0.05) is 32.3 Å². The van der Waals surface area contributed by atoms with E-state index in [0.717, 1.165) is 31.1 Å². The van der Waals surface area contributed by atoms with Crippen LogP contribution in [0.3, 0.4) is 0 Å². The standard InChI is InChI=1S/C25H30F2O2/c1-3-4-15-5-6-17-12-18(8-7-16(17)11-15)21-13-19-9-10-20(25(28)29-2)14-22(19)24(27)23(21)26/h9-10,13-18H,3-8,11-12H2,1-2H3/t15?,16-,17+,18?/m0/s1. The maximum atomic E-state index is 15.0. The van der Waals surface area contributed by atoms with Gasteiger partial charge in [0, 0.05) is 5.39 Å². The third-order valence-electron chi connectivity index (χ3n) is 7.33. The van der Waals surface area contributed by atoms with Crippen LogP contribution in [-0.2, 0) is 4.74 Å². The number of rotatable bonds is 4. The average molecular weight is 401 g/mol. The molecule has 0 bridgehead atoms. The molecule has 0 spiro atoms. The zero-order chi connectivity index (χ0) is 20.5. The fourth-order valence-electron chi connectivity index (χ4n) is 5.83. The van der Waals surface area contributed by atoms with Crippen LogP contribution in [0.2, 0.25) is 0 Å². The van der Waals surface area contributed by atoms with Gasteiger partial charge in [-0.05, 0) is 84.9 Å². The van der Waals surface area contributed by atoms with Crippen molar-refractivity contribution in [2.45, 2.75) is 64.2 Å². The fraction of sp³-hybridized carbons (Fsp3) is 0.560. The Kier molecular flexibility index (Phi) is 5.89. The summed E-state index contributed by atoms with van der Waals surface area (Å²) in [4.78, 5) is 11.7. The molecule has 2 aromatic carbocycles. The van der Waals surface area contributed by atoms with Gasteiger partial charge in [0.15, 0.2) is 11.6 Å². The molecule has 2 aromatic rings. The Morgan fingerprint density at radius 3 is 2.55 bits per heavy atom. The second-order valence-electron chi connectivity index (χ2n) is 9.02. The van der Waals surface area contributed by atoms with Gasteiger partial charge >= 0.3 is 5.97 Å². The summed E-state index contributed by atoms with van der Waals surface area (Å²) in [6.45, 7) is 2.26. The van der Waals surface area contributed by atoms with Crippen LogP contribution in [0, 0.1) is 29.4 Å². The molecule has 2 fully saturated rings. The molecule has 2 aliphatic carbocycles. The Balaban J connectivity index is 1.58. The van der Waals surface area contributed by atoms with Crippen molar-refractivity contribution in [1.29, 1.82) is 0 Å². The highest BCUT2D eigenvalue weighted by molar-refractivity contribution is 5.95. The first kappa shape index (κ1) is 20.3. The molecule has 0 aliphatic heterocycles. The summed E-state index contributed by atoms with van der Waals surface area (Å²) in [6, 6.07) is 6.48. The van der Waals surface area contributed by atoms with Crippen LogP contribution in [0.5, 0.6) is 0 Å². The van der Waals surface area contributed by atoms with Crippen LogP contribution in [0.15, 0.2) is 24.3 Å². The molecule has 2 saturated carbocycles. The zero-order valence-electron chi connectivity index (χ0n) is 17.3. The summed E-state index contributed by atoms with van der Waals surface area (Å²) in [5, 5.41) is 0.781. The lowest BCUT2D eigenvalue weighted by Gasteiger charge is -2.42. The van der Waals surface area contributed by atoms with Crippen molar-refractivity contribution in [2.75, 3.05) is 7.11 Å². The van der Waals surface area contributed by atoms with E-state index in [9.17, 15) is 9.18 Å². The Bertz CT molecular complexity index is 907. The van der Waals surface area contributed by atoms with E-state index in [1.165, 1.54) is 45.3 Å². The molecule has 2 unspecified atom stereocenters. The second kappa shape index (κ2) is 8.41. The first-order valence-corrected chi connectivity index (χ1v) is 11.0. The predicted octanol–water partition coefficient (Wildman–Crippen LogP) is 7.00. The van der Waals surface area contributed by atoms with Crippen LogP contribution in [0.25, 0.3) is 10.8 Å². The lowest BCUT2D eigenvalue weighted by molar-refractivity contribution is 0.0601. The summed E-state index contributed by atoms with van der Waals surface area (Å²) >= 11 is 0. The third-order valence-corrected chi connectivity index (χ3v) is 7.33. The number of benzene rings is 2. The van der Waals surface area contributed by atoms with Gasteiger partial charge in [-0.2, -0.15) is 0 Å². The van der Waals surface area contributed by atoms with Crippen molar-refractivity contribution >= 4 is 16.7 Å². The average Bonchev–Trinajstić information content (AvgIpc) is 2.75. The first-order valence-electron chi connectivity index (χ1n) is 11.0. The molecule has 0 saturated heterocycles. The van der Waals surface area contributed by atoms with Gasteiger partial charge in [-0.15, -0.1) is 0 Å². The predicted molar refractivity (Wildman–Crippen MR) is 111 cm³/mol. The largest absolute Gasteiger partial charge is 0.465 e. The van der Waals surface area contributed by atoms with E-state index in [2.05, 4.69) is 6.92 Å². The molecule has 0 heterocycles. The number of esters is 1. The van der Waals surface area contributed by atoms with Crippen LogP contribution in [0.4, 0.5) is 8.78 Å². The summed E-state index contributed by atoms with van der Waals surface area (Å²) in [7, 11) is 1.28. The molecule has 4 rings (SSSR count). The number of hydrogen-bond acceptors (Lipinski definition) is 2. The SMILES string of the molecule is CCCC1CC[C@@H]2CC(c3cc4ccc(C(=O)OC)cc4c(F)c3F)CC[C@H]2C1. The van der Waals surface area contributed by atoms with E-state index < -0.39 is 17.6 Å². The van der Waals surface area contributed by atoms with Gasteiger partial charge in [-0.3, -0.25) is 0 Å². The van der Waals surface area contributed by atoms with E-state index in [0.29, 0.717) is 16.9 Å². The highest BCUT2D eigenvalue weighted by Gasteiger charge is 2.37. The van der Waals surface area contributed by atoms with Crippen LogP contribution in [-0.4, -0.2) is 13.1 Å². The highest BCUT2D eigenvalue weighted by Crippen LogP contribution is 2.49. The van der Waals surface area contributed by atoms with E-state index in [1.54, 1.807) is 18.2 Å². The van der Waals surface area contributed by atoms with Gasteiger partial charge in [0.05, 0.1) is 12.7 Å². The second-order valence-corrected chi connectivity index (χ2v) is 9.02. The van der Waals surface area contributed by atoms with E-state index in [-0.39, 0.29) is 16.9 Å². The minimum Gasteiger partial charge on any atom is -0.465 e. The molecular weight excluding hydrogens is 370 g/mol. The lowest BCUT2D eigenvalue weighted by atomic mass is 9.63. The lowest BCUT2D eigenvalue weighted by Crippen LogP contribution is -2.30. The van der Waals surface area contributed by atoms with Gasteiger partial charge in [-0.25, -0.2) is 13.6 Å². The molecule has 2 nitrogen and oxygen atoms in total. The molecular formula is C25H30F2O2. The van der Waals surface area contributed by atoms with Crippen molar-refractivity contribution < 1.29 is 18.3 Å². The van der Waals surface area contributed by atoms with Gasteiger partial charge in [0.25, 0.3) is 0 Å². The Labute approximate surface area is 171 Å². The number of carbonyl (C=O) groups excluding carboxylic acids is 1. The fourth-order valence-corrected chi connectivity index (χ4v) is 5.83. The molecule has 0 aromatic heterocycles. The monoisotopic (exact) mass is 400 g/mol. The van der Waals surface area contributed by atoms with Gasteiger partial charge in [0.2, 0.25) is 0 Å². The molecule has 29 heavy (non-hydrogen) atoms. The van der Waals surface area contributed by atoms with Crippen molar-refractivity contribution in [3.05, 3.63) is 47.0 Å². The number of hydrogen-bond donors (Lipinski definition) is 0. The topological polar surface area (TPSA) is 26.3 Å². The number of ether oxygens (including phenoxy) is 1. The summed E-state index contributed by atoms with van der Waals surface area (Å²) in [5.74, 6) is 0.191. The number of methoxy groups -OCH3 is 1. The Hall–Kier alpha value is -1.97. The smallest absolute Gasteiger partial charge is 0.337 e. The summed E-state index contributed by atoms with van der Waals surface area (Å²) in [6.07, 6.45) is 9.42. The van der Waals surface area contributed by atoms with Crippen LogP contribution < -0.4 is 0 Å². The number of fused-ring (bicyclic) bond motifs is 2. The molecule has 156 valence electrons. The summed E-state index contributed by atoms with van der Waals surface area (Å²) < 4.78 is 34.6. The molecule has 4 atom stereocenters. The van der Waals surface area contributed by atoms with E-state index in [4.69, 9.17) is 4.74 Å². The van der Waals surface area contributed by atoms with Crippen molar-refractivity contribution in [1.82, 2.24) is 0 Å². The Morgan fingerprint density at radius 2 is 1.79 bits per heavy atom. The minimum atomic E-state index is -0.850. The Morgan fingerprint density at radius 1 is 1.03 bits per heavy atom. The van der Waals surface area contributed by atoms with E-state index >= 15 is 4.39 Å². The number of halogens is 2. The van der Waals surface area contributed by atoms with Gasteiger partial charge in [0.1, 0.15) is 0 Å². The van der Waals surface area contributed by atoms with Crippen molar-refractivity contribution in [2.24, 2.45) is 17.8 Å².